The van der Waals surface area contributed by atoms with Gasteiger partial charge in [0.1, 0.15) is 18.4 Å². The molecule has 0 fully saturated rings. The Labute approximate surface area is 236 Å². The zero-order chi connectivity index (χ0) is 30.6. The van der Waals surface area contributed by atoms with Crippen molar-refractivity contribution < 1.29 is 35.6 Å². The van der Waals surface area contributed by atoms with E-state index in [1.807, 2.05) is 0 Å². The molecule has 0 radical (unpaired) electrons. The summed E-state index contributed by atoms with van der Waals surface area (Å²) in [5.74, 6) is -1.91. The first kappa shape index (κ1) is 31.6. The van der Waals surface area contributed by atoms with E-state index in [1.165, 1.54) is 55.5 Å². The van der Waals surface area contributed by atoms with Crippen LogP contribution in [0.25, 0.3) is 0 Å². The van der Waals surface area contributed by atoms with Gasteiger partial charge >= 0.3 is 6.18 Å². The summed E-state index contributed by atoms with van der Waals surface area (Å²) in [6.45, 7) is 5.57. The number of nitrogens with one attached hydrogen (secondary N) is 1. The van der Waals surface area contributed by atoms with Crippen LogP contribution in [0.3, 0.4) is 0 Å². The molecule has 0 saturated carbocycles. The minimum Gasteiger partial charge on any atom is -0.350 e. The Kier molecular flexibility index (Phi) is 9.47. The maximum absolute atomic E-state index is 13.8. The van der Waals surface area contributed by atoms with Crippen molar-refractivity contribution in [2.75, 3.05) is 10.8 Å². The third-order valence-electron chi connectivity index (χ3n) is 6.00. The van der Waals surface area contributed by atoms with Crippen molar-refractivity contribution in [3.63, 3.8) is 0 Å². The molecule has 12 heteroatoms. The standard InChI is InChI=1S/C29H31F4N3O4S/c1-20(27(38)34-28(2,3)4)35(18-21-13-15-23(30)16-14-21)26(37)19-36(41(39,40)25-11-6-5-7-12-25)24-10-8-9-22(17-24)29(31,32)33/h5-17,20H,18-19H2,1-4H3,(H,34,38). The average Bonchev–Trinajstić information content (AvgIpc) is 2.90. The van der Waals surface area contributed by atoms with Crippen LogP contribution in [-0.4, -0.2) is 43.3 Å². The molecule has 7 nitrogen and oxygen atoms in total. The fraction of sp³-hybridized carbons (Fsp3) is 0.310. The van der Waals surface area contributed by atoms with Crippen LogP contribution in [0.5, 0.6) is 0 Å². The molecule has 1 unspecified atom stereocenters. The quantitative estimate of drug-likeness (QED) is 0.338. The molecule has 220 valence electrons. The van der Waals surface area contributed by atoms with E-state index in [2.05, 4.69) is 5.32 Å². The lowest BCUT2D eigenvalue weighted by Gasteiger charge is -2.33. The first-order chi connectivity index (χ1) is 19.0. The predicted molar refractivity (Wildman–Crippen MR) is 147 cm³/mol. The van der Waals surface area contributed by atoms with Crippen LogP contribution in [0.4, 0.5) is 23.2 Å². The molecule has 3 rings (SSSR count). The molecule has 0 spiro atoms. The molecule has 3 aromatic carbocycles. The fourth-order valence-corrected chi connectivity index (χ4v) is 5.36. The molecule has 1 N–H and O–H groups in total. The number of benzene rings is 3. The van der Waals surface area contributed by atoms with Crippen LogP contribution in [0.2, 0.25) is 0 Å². The van der Waals surface area contributed by atoms with Crippen molar-refractivity contribution in [3.8, 4) is 0 Å². The summed E-state index contributed by atoms with van der Waals surface area (Å²) in [7, 11) is -4.53. The van der Waals surface area contributed by atoms with E-state index in [0.717, 1.165) is 23.1 Å². The van der Waals surface area contributed by atoms with Crippen LogP contribution in [-0.2, 0) is 32.3 Å². The maximum atomic E-state index is 13.8. The summed E-state index contributed by atoms with van der Waals surface area (Å²) in [6, 6.07) is 14.7. The van der Waals surface area contributed by atoms with E-state index in [1.54, 1.807) is 26.8 Å². The van der Waals surface area contributed by atoms with E-state index in [4.69, 9.17) is 0 Å². The van der Waals surface area contributed by atoms with Crippen molar-refractivity contribution in [1.82, 2.24) is 10.2 Å². The Bertz CT molecular complexity index is 1470. The molecule has 41 heavy (non-hydrogen) atoms. The first-order valence-electron chi connectivity index (χ1n) is 12.6. The zero-order valence-electron chi connectivity index (χ0n) is 22.9. The van der Waals surface area contributed by atoms with Gasteiger partial charge in [-0.15, -0.1) is 0 Å². The number of hydrogen-bond donors (Lipinski definition) is 1. The van der Waals surface area contributed by atoms with Gasteiger partial charge in [-0.05, 0) is 75.7 Å². The van der Waals surface area contributed by atoms with Gasteiger partial charge in [-0.1, -0.05) is 36.4 Å². The molecule has 2 amide bonds. The molecule has 0 aliphatic carbocycles. The van der Waals surface area contributed by atoms with Gasteiger partial charge in [0.05, 0.1) is 16.1 Å². The number of alkyl halides is 3. The molecule has 0 heterocycles. The maximum Gasteiger partial charge on any atom is 0.416 e. The molecule has 1 atom stereocenters. The highest BCUT2D eigenvalue weighted by atomic mass is 32.2. The van der Waals surface area contributed by atoms with Crippen molar-refractivity contribution >= 4 is 27.5 Å². The largest absolute Gasteiger partial charge is 0.416 e. The Hall–Kier alpha value is -3.93. The summed E-state index contributed by atoms with van der Waals surface area (Å²) in [5.41, 5.74) is -1.69. The highest BCUT2D eigenvalue weighted by molar-refractivity contribution is 7.92. The van der Waals surface area contributed by atoms with Gasteiger partial charge in [0.15, 0.2) is 0 Å². The number of nitrogens with zero attached hydrogens (tertiary/aromatic N) is 2. The summed E-state index contributed by atoms with van der Waals surface area (Å²) >= 11 is 0. The number of sulfonamides is 1. The number of anilines is 1. The van der Waals surface area contributed by atoms with Gasteiger partial charge in [0.2, 0.25) is 11.8 Å². The van der Waals surface area contributed by atoms with Crippen molar-refractivity contribution in [2.24, 2.45) is 0 Å². The number of rotatable bonds is 9. The topological polar surface area (TPSA) is 86.8 Å². The third kappa shape index (κ3) is 8.29. The zero-order valence-corrected chi connectivity index (χ0v) is 23.8. The molecule has 0 aliphatic heterocycles. The van der Waals surface area contributed by atoms with Crippen molar-refractivity contribution in [3.05, 3.63) is 95.8 Å². The Morgan fingerprint density at radius 2 is 1.51 bits per heavy atom. The second-order valence-electron chi connectivity index (χ2n) is 10.4. The SMILES string of the molecule is CC(C(=O)NC(C)(C)C)N(Cc1ccc(F)cc1)C(=O)CN(c1cccc(C(F)(F)F)c1)S(=O)(=O)c1ccccc1. The van der Waals surface area contributed by atoms with Gasteiger partial charge < -0.3 is 10.2 Å². The smallest absolute Gasteiger partial charge is 0.350 e. The number of amides is 2. The fourth-order valence-electron chi connectivity index (χ4n) is 3.93. The molecule has 0 aliphatic rings. The minimum absolute atomic E-state index is 0.195. The Morgan fingerprint density at radius 1 is 0.902 bits per heavy atom. The van der Waals surface area contributed by atoms with E-state index in [-0.39, 0.29) is 17.1 Å². The molecule has 0 bridgehead atoms. The first-order valence-corrected chi connectivity index (χ1v) is 14.0. The van der Waals surface area contributed by atoms with Crippen molar-refractivity contribution in [1.29, 1.82) is 0 Å². The highest BCUT2D eigenvalue weighted by Gasteiger charge is 2.35. The highest BCUT2D eigenvalue weighted by Crippen LogP contribution is 2.33. The van der Waals surface area contributed by atoms with E-state index in [9.17, 15) is 35.6 Å². The Morgan fingerprint density at radius 3 is 2.07 bits per heavy atom. The van der Waals surface area contributed by atoms with Crippen LogP contribution in [0.15, 0.2) is 83.8 Å². The van der Waals surface area contributed by atoms with Gasteiger partial charge in [-0.3, -0.25) is 13.9 Å². The number of carbonyl (C=O) groups excluding carboxylic acids is 2. The molecular formula is C29H31F4N3O4S. The number of carbonyl (C=O) groups is 2. The van der Waals surface area contributed by atoms with E-state index >= 15 is 0 Å². The molecule has 0 aromatic heterocycles. The third-order valence-corrected chi connectivity index (χ3v) is 7.79. The normalized spacial score (nSPS) is 12.9. The summed E-state index contributed by atoms with van der Waals surface area (Å²) < 4.78 is 82.1. The number of hydrogen-bond acceptors (Lipinski definition) is 4. The summed E-state index contributed by atoms with van der Waals surface area (Å²) in [5, 5.41) is 2.76. The second-order valence-corrected chi connectivity index (χ2v) is 12.3. The second kappa shape index (κ2) is 12.3. The van der Waals surface area contributed by atoms with Gasteiger partial charge in [0.25, 0.3) is 10.0 Å². The number of halogens is 4. The summed E-state index contributed by atoms with van der Waals surface area (Å²) in [4.78, 5) is 27.7. The Balaban J connectivity index is 2.08. The van der Waals surface area contributed by atoms with Crippen LogP contribution in [0.1, 0.15) is 38.8 Å². The lowest BCUT2D eigenvalue weighted by molar-refractivity contribution is -0.140. The monoisotopic (exact) mass is 593 g/mol. The average molecular weight is 594 g/mol. The molecule has 3 aromatic rings. The lowest BCUT2D eigenvalue weighted by atomic mass is 10.1. The van der Waals surface area contributed by atoms with Crippen molar-refractivity contribution in [2.45, 2.75) is 56.9 Å². The summed E-state index contributed by atoms with van der Waals surface area (Å²) in [6.07, 6.45) is -4.77. The van der Waals surface area contributed by atoms with E-state index < -0.39 is 57.5 Å². The van der Waals surface area contributed by atoms with Gasteiger partial charge in [0, 0.05) is 12.1 Å². The lowest BCUT2D eigenvalue weighted by Crippen LogP contribution is -2.54. The van der Waals surface area contributed by atoms with Crippen LogP contribution < -0.4 is 9.62 Å². The minimum atomic E-state index is -4.77. The van der Waals surface area contributed by atoms with E-state index in [0.29, 0.717) is 15.9 Å². The predicted octanol–water partition coefficient (Wildman–Crippen LogP) is 5.37. The van der Waals surface area contributed by atoms with Gasteiger partial charge in [-0.2, -0.15) is 13.2 Å². The molecule has 0 saturated heterocycles. The van der Waals surface area contributed by atoms with Crippen LogP contribution in [0, 0.1) is 5.82 Å². The molecular weight excluding hydrogens is 562 g/mol. The van der Waals surface area contributed by atoms with Crippen LogP contribution >= 0.6 is 0 Å². The van der Waals surface area contributed by atoms with Gasteiger partial charge in [-0.25, -0.2) is 12.8 Å².